The van der Waals surface area contributed by atoms with Gasteiger partial charge in [-0.15, -0.1) is 0 Å². The predicted molar refractivity (Wildman–Crippen MR) is 94.7 cm³/mol. The number of aryl methyl sites for hydroxylation is 1. The summed E-state index contributed by atoms with van der Waals surface area (Å²) in [6.45, 7) is 4.96. The molecule has 1 heterocycles. The number of likely N-dealkylation sites (tertiary alicyclic amines) is 1. The molecule has 3 rings (SSSR count). The van der Waals surface area contributed by atoms with Crippen LogP contribution in [0.4, 0.5) is 0 Å². The minimum absolute atomic E-state index is 0.0508. The van der Waals surface area contributed by atoms with E-state index in [9.17, 15) is 9.90 Å². The van der Waals surface area contributed by atoms with E-state index in [1.165, 1.54) is 5.56 Å². The second-order valence-corrected chi connectivity index (χ2v) is 6.50. The number of aliphatic hydroxyl groups is 1. The fourth-order valence-electron chi connectivity index (χ4n) is 3.14. The molecule has 24 heavy (non-hydrogen) atoms. The van der Waals surface area contributed by atoms with Gasteiger partial charge < -0.3 is 10.4 Å². The number of benzene rings is 2. The number of hydrogen-bond acceptors (Lipinski definition) is 3. The van der Waals surface area contributed by atoms with Crippen LogP contribution in [0.2, 0.25) is 0 Å². The van der Waals surface area contributed by atoms with Crippen LogP contribution in [0.1, 0.15) is 33.5 Å². The molecule has 1 amide bonds. The van der Waals surface area contributed by atoms with Crippen molar-refractivity contribution in [3.63, 3.8) is 0 Å². The average molecular weight is 324 g/mol. The number of aliphatic hydroxyl groups excluding tert-OH is 1. The first-order valence-electron chi connectivity index (χ1n) is 8.44. The summed E-state index contributed by atoms with van der Waals surface area (Å²) in [6.07, 6.45) is 0.630. The Morgan fingerprint density at radius 2 is 2.00 bits per heavy atom. The van der Waals surface area contributed by atoms with Gasteiger partial charge in [-0.2, -0.15) is 0 Å². The van der Waals surface area contributed by atoms with Crippen LogP contribution in [-0.4, -0.2) is 35.1 Å². The number of amides is 1. The average Bonchev–Trinajstić information content (AvgIpc) is 2.99. The molecule has 1 aliphatic heterocycles. The first kappa shape index (κ1) is 16.7. The highest BCUT2D eigenvalue weighted by atomic mass is 16.3. The lowest BCUT2D eigenvalue weighted by Gasteiger charge is -2.18. The first-order chi connectivity index (χ1) is 11.6. The van der Waals surface area contributed by atoms with Crippen LogP contribution in [0.25, 0.3) is 0 Å². The van der Waals surface area contributed by atoms with E-state index < -0.39 is 0 Å². The Morgan fingerprint density at radius 3 is 2.71 bits per heavy atom. The van der Waals surface area contributed by atoms with E-state index in [0.29, 0.717) is 12.1 Å². The second-order valence-electron chi connectivity index (χ2n) is 6.50. The van der Waals surface area contributed by atoms with E-state index in [1.807, 2.05) is 43.3 Å². The van der Waals surface area contributed by atoms with Crippen molar-refractivity contribution in [3.8, 4) is 0 Å². The number of carbonyl (C=O) groups excluding carboxylic acids is 1. The number of carbonyl (C=O) groups is 1. The largest absolute Gasteiger partial charge is 0.392 e. The summed E-state index contributed by atoms with van der Waals surface area (Å²) in [6, 6.07) is 15.8. The maximum atomic E-state index is 12.3. The highest BCUT2D eigenvalue weighted by Crippen LogP contribution is 2.16. The van der Waals surface area contributed by atoms with Crippen molar-refractivity contribution in [1.29, 1.82) is 0 Å². The minimum atomic E-state index is -0.210. The van der Waals surface area contributed by atoms with Crippen LogP contribution in [0.3, 0.4) is 0 Å². The lowest BCUT2D eigenvalue weighted by molar-refractivity contribution is 0.0950. The van der Waals surface area contributed by atoms with E-state index in [0.717, 1.165) is 37.2 Å². The number of nitrogens with one attached hydrogen (secondary N) is 1. The van der Waals surface area contributed by atoms with Gasteiger partial charge in [-0.25, -0.2) is 0 Å². The molecule has 0 spiro atoms. The van der Waals surface area contributed by atoms with Crippen molar-refractivity contribution < 1.29 is 9.90 Å². The zero-order chi connectivity index (χ0) is 16.9. The maximum Gasteiger partial charge on any atom is 0.251 e. The summed E-state index contributed by atoms with van der Waals surface area (Å²) in [5.74, 6) is -0.0508. The molecular formula is C20H24N2O2. The molecule has 1 aliphatic rings. The lowest BCUT2D eigenvalue weighted by Crippen LogP contribution is -2.25. The van der Waals surface area contributed by atoms with Crippen molar-refractivity contribution >= 4 is 5.91 Å². The monoisotopic (exact) mass is 324 g/mol. The molecule has 0 aliphatic carbocycles. The van der Waals surface area contributed by atoms with Gasteiger partial charge in [-0.3, -0.25) is 9.69 Å². The van der Waals surface area contributed by atoms with Crippen LogP contribution >= 0.6 is 0 Å². The Hall–Kier alpha value is -2.17. The molecule has 1 saturated heterocycles. The van der Waals surface area contributed by atoms with Gasteiger partial charge in [0, 0.05) is 31.7 Å². The van der Waals surface area contributed by atoms with Gasteiger partial charge in [0.25, 0.3) is 5.91 Å². The molecule has 2 aromatic rings. The molecule has 4 nitrogen and oxygen atoms in total. The summed E-state index contributed by atoms with van der Waals surface area (Å²) in [4.78, 5) is 14.6. The quantitative estimate of drug-likeness (QED) is 0.888. The van der Waals surface area contributed by atoms with Gasteiger partial charge in [0.05, 0.1) is 6.10 Å². The van der Waals surface area contributed by atoms with E-state index in [1.54, 1.807) is 0 Å². The van der Waals surface area contributed by atoms with E-state index in [4.69, 9.17) is 0 Å². The Labute approximate surface area is 143 Å². The van der Waals surface area contributed by atoms with Gasteiger partial charge in [0.15, 0.2) is 0 Å². The van der Waals surface area contributed by atoms with Crippen LogP contribution < -0.4 is 5.32 Å². The summed E-state index contributed by atoms with van der Waals surface area (Å²) >= 11 is 0. The van der Waals surface area contributed by atoms with Crippen molar-refractivity contribution in [2.45, 2.75) is 32.5 Å². The molecule has 1 atom stereocenters. The Bertz CT molecular complexity index is 714. The Balaban J connectivity index is 1.64. The smallest absolute Gasteiger partial charge is 0.251 e. The summed E-state index contributed by atoms with van der Waals surface area (Å²) in [5, 5.41) is 12.7. The van der Waals surface area contributed by atoms with Crippen molar-refractivity contribution in [1.82, 2.24) is 10.2 Å². The van der Waals surface area contributed by atoms with Crippen LogP contribution in [0, 0.1) is 6.92 Å². The third kappa shape index (κ3) is 4.22. The van der Waals surface area contributed by atoms with E-state index >= 15 is 0 Å². The standard InChI is InChI=1S/C20H24N2O2/c1-15-5-4-8-16(11-15)20(24)21-12-17-6-2-3-7-18(17)13-22-10-9-19(23)14-22/h2-8,11,19,23H,9-10,12-14H2,1H3,(H,21,24). The fourth-order valence-corrected chi connectivity index (χ4v) is 3.14. The lowest BCUT2D eigenvalue weighted by atomic mass is 10.1. The minimum Gasteiger partial charge on any atom is -0.392 e. The van der Waals surface area contributed by atoms with Gasteiger partial charge in [-0.1, -0.05) is 42.0 Å². The number of hydrogen-bond donors (Lipinski definition) is 2. The van der Waals surface area contributed by atoms with Crippen LogP contribution in [0.5, 0.6) is 0 Å². The number of nitrogens with zero attached hydrogens (tertiary/aromatic N) is 1. The molecule has 1 unspecified atom stereocenters. The topological polar surface area (TPSA) is 52.6 Å². The number of β-amino-alcohol motifs (C(OH)–C–C–N with tert-alkyl or cyclic N) is 1. The molecule has 4 heteroatoms. The fraction of sp³-hybridized carbons (Fsp3) is 0.350. The SMILES string of the molecule is Cc1cccc(C(=O)NCc2ccccc2CN2CCC(O)C2)c1. The van der Waals surface area contributed by atoms with Crippen molar-refractivity contribution in [3.05, 3.63) is 70.8 Å². The summed E-state index contributed by atoms with van der Waals surface area (Å²) in [7, 11) is 0. The zero-order valence-electron chi connectivity index (χ0n) is 14.0. The second kappa shape index (κ2) is 7.60. The molecule has 0 bridgehead atoms. The maximum absolute atomic E-state index is 12.3. The highest BCUT2D eigenvalue weighted by Gasteiger charge is 2.20. The number of rotatable bonds is 5. The zero-order valence-corrected chi connectivity index (χ0v) is 14.0. The normalized spacial score (nSPS) is 17.8. The molecule has 2 N–H and O–H groups in total. The summed E-state index contributed by atoms with van der Waals surface area (Å²) < 4.78 is 0. The van der Waals surface area contributed by atoms with Gasteiger partial charge in [0.1, 0.15) is 0 Å². The van der Waals surface area contributed by atoms with Gasteiger partial charge >= 0.3 is 0 Å². The van der Waals surface area contributed by atoms with Crippen molar-refractivity contribution in [2.75, 3.05) is 13.1 Å². The summed E-state index contributed by atoms with van der Waals surface area (Å²) in [5.41, 5.74) is 4.10. The van der Waals surface area contributed by atoms with Crippen molar-refractivity contribution in [2.24, 2.45) is 0 Å². The van der Waals surface area contributed by atoms with E-state index in [-0.39, 0.29) is 12.0 Å². The Kier molecular flexibility index (Phi) is 5.28. The molecule has 126 valence electrons. The van der Waals surface area contributed by atoms with Gasteiger partial charge in [0.2, 0.25) is 0 Å². The predicted octanol–water partition coefficient (Wildman–Crippen LogP) is 2.49. The Morgan fingerprint density at radius 1 is 1.21 bits per heavy atom. The molecule has 0 radical (unpaired) electrons. The van der Waals surface area contributed by atoms with Crippen LogP contribution in [0.15, 0.2) is 48.5 Å². The molecule has 1 fully saturated rings. The molecule has 2 aromatic carbocycles. The first-order valence-corrected chi connectivity index (χ1v) is 8.44. The third-order valence-corrected chi connectivity index (χ3v) is 4.48. The molecule has 0 aromatic heterocycles. The third-order valence-electron chi connectivity index (χ3n) is 4.48. The molecule has 0 saturated carbocycles. The van der Waals surface area contributed by atoms with Gasteiger partial charge in [-0.05, 0) is 36.6 Å². The molecular weight excluding hydrogens is 300 g/mol. The highest BCUT2D eigenvalue weighted by molar-refractivity contribution is 5.94. The van der Waals surface area contributed by atoms with Crippen LogP contribution in [-0.2, 0) is 13.1 Å². The van der Waals surface area contributed by atoms with E-state index in [2.05, 4.69) is 22.3 Å².